The van der Waals surface area contributed by atoms with Gasteiger partial charge in [-0.05, 0) is 25.5 Å². The summed E-state index contributed by atoms with van der Waals surface area (Å²) in [6.45, 7) is 1.36. The van der Waals surface area contributed by atoms with Crippen LogP contribution in [0, 0.1) is 0 Å². The van der Waals surface area contributed by atoms with Gasteiger partial charge in [-0.1, -0.05) is 18.2 Å². The minimum absolute atomic E-state index is 0.0116. The van der Waals surface area contributed by atoms with Gasteiger partial charge in [0.25, 0.3) is 0 Å². The Hall–Kier alpha value is -1.59. The SMILES string of the molecule is COc1ccccc1C(CN)N1CCCC1C(=O)N(C)C. The second-order valence-corrected chi connectivity index (χ2v) is 5.62. The molecule has 0 radical (unpaired) electrons. The fourth-order valence-electron chi connectivity index (χ4n) is 3.11. The smallest absolute Gasteiger partial charge is 0.239 e. The first-order chi connectivity index (χ1) is 10.1. The van der Waals surface area contributed by atoms with E-state index in [9.17, 15) is 4.79 Å². The Balaban J connectivity index is 2.30. The van der Waals surface area contributed by atoms with Gasteiger partial charge in [-0.25, -0.2) is 0 Å². The fourth-order valence-corrected chi connectivity index (χ4v) is 3.11. The summed E-state index contributed by atoms with van der Waals surface area (Å²) in [6.07, 6.45) is 1.92. The fraction of sp³-hybridized carbons (Fsp3) is 0.562. The van der Waals surface area contributed by atoms with E-state index in [-0.39, 0.29) is 18.0 Å². The van der Waals surface area contributed by atoms with Crippen molar-refractivity contribution in [3.05, 3.63) is 29.8 Å². The molecule has 2 rings (SSSR count). The van der Waals surface area contributed by atoms with Crippen LogP contribution in [0.4, 0.5) is 0 Å². The molecule has 5 heteroatoms. The second kappa shape index (κ2) is 6.91. The first kappa shape index (κ1) is 15.8. The average Bonchev–Trinajstić information content (AvgIpc) is 2.97. The molecule has 2 unspecified atom stereocenters. The van der Waals surface area contributed by atoms with Crippen molar-refractivity contribution in [2.24, 2.45) is 5.73 Å². The van der Waals surface area contributed by atoms with Gasteiger partial charge in [0.1, 0.15) is 5.75 Å². The van der Waals surface area contributed by atoms with E-state index in [1.807, 2.05) is 24.3 Å². The quantitative estimate of drug-likeness (QED) is 0.887. The zero-order valence-electron chi connectivity index (χ0n) is 13.1. The summed E-state index contributed by atoms with van der Waals surface area (Å²) in [6, 6.07) is 7.83. The van der Waals surface area contributed by atoms with Gasteiger partial charge in [0.2, 0.25) is 5.91 Å². The van der Waals surface area contributed by atoms with Gasteiger partial charge in [-0.15, -0.1) is 0 Å². The summed E-state index contributed by atoms with van der Waals surface area (Å²) in [7, 11) is 5.28. The number of likely N-dealkylation sites (N-methyl/N-ethyl adjacent to an activating group) is 1. The lowest BCUT2D eigenvalue weighted by molar-refractivity contribution is -0.134. The minimum Gasteiger partial charge on any atom is -0.496 e. The summed E-state index contributed by atoms with van der Waals surface area (Å²) >= 11 is 0. The highest BCUT2D eigenvalue weighted by Crippen LogP contribution is 2.34. The molecular formula is C16H25N3O2. The Morgan fingerprint density at radius 3 is 2.81 bits per heavy atom. The van der Waals surface area contributed by atoms with Crippen molar-refractivity contribution in [2.45, 2.75) is 24.9 Å². The van der Waals surface area contributed by atoms with Gasteiger partial charge in [0.15, 0.2) is 0 Å². The number of hydrogen-bond donors (Lipinski definition) is 1. The molecule has 0 saturated carbocycles. The normalized spacial score (nSPS) is 20.3. The van der Waals surface area contributed by atoms with Crippen molar-refractivity contribution in [1.29, 1.82) is 0 Å². The number of amides is 1. The standard InChI is InChI=1S/C16H25N3O2/c1-18(2)16(20)13-8-6-10-19(13)14(11-17)12-7-4-5-9-15(12)21-3/h4-5,7,9,13-14H,6,8,10-11,17H2,1-3H3. The van der Waals surface area contributed by atoms with Crippen LogP contribution in [0.15, 0.2) is 24.3 Å². The van der Waals surface area contributed by atoms with Gasteiger partial charge in [-0.3, -0.25) is 9.69 Å². The Kier molecular flexibility index (Phi) is 5.20. The number of benzene rings is 1. The molecule has 2 atom stereocenters. The Morgan fingerprint density at radius 1 is 1.48 bits per heavy atom. The maximum atomic E-state index is 12.4. The number of para-hydroxylation sites is 1. The number of nitrogens with two attached hydrogens (primary N) is 1. The van der Waals surface area contributed by atoms with E-state index in [0.29, 0.717) is 6.54 Å². The summed E-state index contributed by atoms with van der Waals surface area (Å²) in [5.41, 5.74) is 7.08. The Bertz CT molecular complexity index is 490. The number of carbonyl (C=O) groups is 1. The number of ether oxygens (including phenoxy) is 1. The van der Waals surface area contributed by atoms with Gasteiger partial charge < -0.3 is 15.4 Å². The molecule has 116 valence electrons. The maximum absolute atomic E-state index is 12.4. The van der Waals surface area contributed by atoms with Crippen LogP contribution in [0.2, 0.25) is 0 Å². The van der Waals surface area contributed by atoms with E-state index < -0.39 is 0 Å². The number of carbonyl (C=O) groups excluding carboxylic acids is 1. The number of hydrogen-bond acceptors (Lipinski definition) is 4. The first-order valence-corrected chi connectivity index (χ1v) is 7.40. The summed E-state index contributed by atoms with van der Waals surface area (Å²) in [5.74, 6) is 0.983. The van der Waals surface area contributed by atoms with Crippen molar-refractivity contribution in [3.63, 3.8) is 0 Å². The van der Waals surface area contributed by atoms with Gasteiger partial charge >= 0.3 is 0 Å². The van der Waals surface area contributed by atoms with E-state index in [0.717, 1.165) is 30.7 Å². The molecule has 1 aliphatic rings. The molecule has 1 aromatic carbocycles. The van der Waals surface area contributed by atoms with Crippen molar-refractivity contribution in [2.75, 3.05) is 34.3 Å². The predicted molar refractivity (Wildman–Crippen MR) is 83.2 cm³/mol. The highest BCUT2D eigenvalue weighted by Gasteiger charge is 2.37. The van der Waals surface area contributed by atoms with Gasteiger partial charge in [-0.2, -0.15) is 0 Å². The molecule has 0 bridgehead atoms. The van der Waals surface area contributed by atoms with Crippen LogP contribution in [0.5, 0.6) is 5.75 Å². The van der Waals surface area contributed by atoms with Crippen LogP contribution in [-0.4, -0.2) is 56.0 Å². The highest BCUT2D eigenvalue weighted by molar-refractivity contribution is 5.81. The number of nitrogens with zero attached hydrogens (tertiary/aromatic N) is 2. The van der Waals surface area contributed by atoms with Crippen LogP contribution in [0.1, 0.15) is 24.4 Å². The summed E-state index contributed by atoms with van der Waals surface area (Å²) in [4.78, 5) is 16.3. The van der Waals surface area contributed by atoms with E-state index in [4.69, 9.17) is 10.5 Å². The molecule has 1 saturated heterocycles. The van der Waals surface area contributed by atoms with Crippen molar-refractivity contribution < 1.29 is 9.53 Å². The number of likely N-dealkylation sites (tertiary alicyclic amines) is 1. The molecular weight excluding hydrogens is 266 g/mol. The van der Waals surface area contributed by atoms with Crippen LogP contribution in [-0.2, 0) is 4.79 Å². The second-order valence-electron chi connectivity index (χ2n) is 5.62. The molecule has 0 spiro atoms. The molecule has 1 heterocycles. The number of methoxy groups -OCH3 is 1. The van der Waals surface area contributed by atoms with Crippen molar-refractivity contribution in [1.82, 2.24) is 9.80 Å². The summed E-state index contributed by atoms with van der Waals surface area (Å²) in [5, 5.41) is 0. The van der Waals surface area contributed by atoms with E-state index >= 15 is 0 Å². The third-order valence-electron chi connectivity index (χ3n) is 4.14. The van der Waals surface area contributed by atoms with Crippen LogP contribution in [0.25, 0.3) is 0 Å². The van der Waals surface area contributed by atoms with Crippen LogP contribution >= 0.6 is 0 Å². The lowest BCUT2D eigenvalue weighted by Gasteiger charge is -2.33. The van der Waals surface area contributed by atoms with Crippen molar-refractivity contribution in [3.8, 4) is 5.75 Å². The van der Waals surface area contributed by atoms with Crippen LogP contribution in [0.3, 0.4) is 0 Å². The zero-order valence-corrected chi connectivity index (χ0v) is 13.1. The van der Waals surface area contributed by atoms with Crippen LogP contribution < -0.4 is 10.5 Å². The lowest BCUT2D eigenvalue weighted by atomic mass is 10.0. The Labute approximate surface area is 126 Å². The molecule has 5 nitrogen and oxygen atoms in total. The molecule has 2 N–H and O–H groups in total. The first-order valence-electron chi connectivity index (χ1n) is 7.40. The van der Waals surface area contributed by atoms with Gasteiger partial charge in [0.05, 0.1) is 19.2 Å². The third kappa shape index (κ3) is 3.19. The van der Waals surface area contributed by atoms with E-state index in [1.165, 1.54) is 0 Å². The van der Waals surface area contributed by atoms with E-state index in [1.54, 1.807) is 26.1 Å². The Morgan fingerprint density at radius 2 is 2.19 bits per heavy atom. The number of rotatable bonds is 5. The predicted octanol–water partition coefficient (Wildman–Crippen LogP) is 1.25. The molecule has 21 heavy (non-hydrogen) atoms. The minimum atomic E-state index is -0.0848. The monoisotopic (exact) mass is 291 g/mol. The zero-order chi connectivity index (χ0) is 15.4. The molecule has 1 amide bonds. The van der Waals surface area contributed by atoms with Gasteiger partial charge in [0, 0.05) is 26.2 Å². The largest absolute Gasteiger partial charge is 0.496 e. The molecule has 1 fully saturated rings. The third-order valence-corrected chi connectivity index (χ3v) is 4.14. The molecule has 0 aromatic heterocycles. The highest BCUT2D eigenvalue weighted by atomic mass is 16.5. The maximum Gasteiger partial charge on any atom is 0.239 e. The lowest BCUT2D eigenvalue weighted by Crippen LogP contribution is -2.46. The summed E-state index contributed by atoms with van der Waals surface area (Å²) < 4.78 is 5.45. The molecule has 1 aromatic rings. The van der Waals surface area contributed by atoms with Crippen molar-refractivity contribution >= 4 is 5.91 Å². The van der Waals surface area contributed by atoms with E-state index in [2.05, 4.69) is 4.90 Å². The topological polar surface area (TPSA) is 58.8 Å². The molecule has 1 aliphatic heterocycles. The average molecular weight is 291 g/mol. The molecule has 0 aliphatic carbocycles.